The first-order valence-corrected chi connectivity index (χ1v) is 8.29. The summed E-state index contributed by atoms with van der Waals surface area (Å²) in [4.78, 5) is 24.4. The van der Waals surface area contributed by atoms with Gasteiger partial charge in [-0.2, -0.15) is 5.01 Å². The lowest BCUT2D eigenvalue weighted by atomic mass is 10.1. The molecule has 0 N–H and O–H groups in total. The van der Waals surface area contributed by atoms with Gasteiger partial charge in [-0.05, 0) is 36.4 Å². The number of fused-ring (bicyclic) bond motifs is 1. The molecule has 0 radical (unpaired) electrons. The van der Waals surface area contributed by atoms with Gasteiger partial charge in [0.2, 0.25) is 18.0 Å². The summed E-state index contributed by atoms with van der Waals surface area (Å²) >= 11 is 0. The lowest BCUT2D eigenvalue weighted by molar-refractivity contribution is -0.135. The van der Waals surface area contributed by atoms with Crippen molar-refractivity contribution < 1.29 is 18.7 Å². The molecular formula is C20H16N2O5. The van der Waals surface area contributed by atoms with Crippen molar-refractivity contribution >= 4 is 22.8 Å². The summed E-state index contributed by atoms with van der Waals surface area (Å²) in [5.74, 6) is 0.420. The number of hydrazone groups is 1. The number of nitrogens with zero attached hydrogens (tertiary/aromatic N) is 2. The second-order valence-corrected chi connectivity index (χ2v) is 6.00. The van der Waals surface area contributed by atoms with Gasteiger partial charge in [0.1, 0.15) is 16.9 Å². The minimum absolute atomic E-state index is 0.0468. The Morgan fingerprint density at radius 2 is 1.89 bits per heavy atom. The highest BCUT2D eigenvalue weighted by atomic mass is 16.5. The SMILES string of the molecule is COc1ccc(C2OC(c3cc4ccccc4oc3=O)=NN2C(C)=O)cc1. The van der Waals surface area contributed by atoms with Crippen molar-refractivity contribution in [2.24, 2.45) is 5.10 Å². The van der Waals surface area contributed by atoms with E-state index in [1.807, 2.05) is 12.1 Å². The number of hydrogen-bond donors (Lipinski definition) is 0. The van der Waals surface area contributed by atoms with Crippen LogP contribution in [0.25, 0.3) is 11.0 Å². The molecule has 2 heterocycles. The summed E-state index contributed by atoms with van der Waals surface area (Å²) in [5, 5.41) is 6.15. The summed E-state index contributed by atoms with van der Waals surface area (Å²) in [6.07, 6.45) is -0.769. The van der Waals surface area contributed by atoms with E-state index in [2.05, 4.69) is 5.10 Å². The molecule has 27 heavy (non-hydrogen) atoms. The van der Waals surface area contributed by atoms with Gasteiger partial charge in [-0.25, -0.2) is 4.79 Å². The third kappa shape index (κ3) is 3.03. The third-order valence-electron chi connectivity index (χ3n) is 4.24. The number of carbonyl (C=O) groups excluding carboxylic acids is 1. The number of hydrogen-bond acceptors (Lipinski definition) is 6. The van der Waals surface area contributed by atoms with E-state index in [-0.39, 0.29) is 17.4 Å². The van der Waals surface area contributed by atoms with E-state index in [4.69, 9.17) is 13.9 Å². The number of carbonyl (C=O) groups is 1. The molecule has 1 aromatic heterocycles. The van der Waals surface area contributed by atoms with E-state index in [0.29, 0.717) is 16.9 Å². The standard InChI is InChI=1S/C20H16N2O5/c1-12(23)22-19(13-7-9-15(25-2)10-8-13)27-18(21-22)16-11-14-5-3-4-6-17(14)26-20(16)24/h3-11,19H,1-2H3. The Labute approximate surface area is 154 Å². The van der Waals surface area contributed by atoms with Crippen LogP contribution in [0.3, 0.4) is 0 Å². The predicted octanol–water partition coefficient (Wildman–Crippen LogP) is 3.04. The third-order valence-corrected chi connectivity index (χ3v) is 4.24. The Balaban J connectivity index is 1.74. The zero-order valence-electron chi connectivity index (χ0n) is 14.7. The van der Waals surface area contributed by atoms with Gasteiger partial charge in [0.05, 0.1) is 7.11 Å². The van der Waals surface area contributed by atoms with Crippen LogP contribution in [-0.4, -0.2) is 23.9 Å². The normalized spacial score (nSPS) is 16.1. The zero-order valence-corrected chi connectivity index (χ0v) is 14.7. The molecule has 0 bridgehead atoms. The van der Waals surface area contributed by atoms with Gasteiger partial charge >= 0.3 is 5.63 Å². The van der Waals surface area contributed by atoms with Crippen molar-refractivity contribution in [2.75, 3.05) is 7.11 Å². The summed E-state index contributed by atoms with van der Waals surface area (Å²) in [5.41, 5.74) is 0.761. The Morgan fingerprint density at radius 1 is 1.15 bits per heavy atom. The maximum absolute atomic E-state index is 12.4. The molecule has 3 aromatic rings. The number of benzene rings is 2. The number of para-hydroxylation sites is 1. The summed E-state index contributed by atoms with van der Waals surface area (Å²) in [6, 6.07) is 15.9. The first kappa shape index (κ1) is 16.8. The number of rotatable bonds is 3. The fourth-order valence-electron chi connectivity index (χ4n) is 2.87. The Hall–Kier alpha value is -3.61. The molecule has 0 spiro atoms. The lowest BCUT2D eigenvalue weighted by Crippen LogP contribution is -2.25. The van der Waals surface area contributed by atoms with E-state index < -0.39 is 11.9 Å². The molecule has 0 fully saturated rings. The number of methoxy groups -OCH3 is 1. The zero-order chi connectivity index (χ0) is 19.0. The molecular weight excluding hydrogens is 348 g/mol. The van der Waals surface area contributed by atoms with Crippen LogP contribution in [0.4, 0.5) is 0 Å². The summed E-state index contributed by atoms with van der Waals surface area (Å²) < 4.78 is 16.4. The molecule has 136 valence electrons. The molecule has 0 saturated heterocycles. The van der Waals surface area contributed by atoms with Crippen LogP contribution in [0, 0.1) is 0 Å². The smallest absolute Gasteiger partial charge is 0.349 e. The molecule has 2 aromatic carbocycles. The monoisotopic (exact) mass is 364 g/mol. The first-order valence-electron chi connectivity index (χ1n) is 8.29. The minimum Gasteiger partial charge on any atom is -0.497 e. The topological polar surface area (TPSA) is 81.3 Å². The van der Waals surface area contributed by atoms with Gasteiger partial charge in [0.15, 0.2) is 0 Å². The van der Waals surface area contributed by atoms with Crippen molar-refractivity contribution in [2.45, 2.75) is 13.2 Å². The highest BCUT2D eigenvalue weighted by molar-refractivity contribution is 5.98. The van der Waals surface area contributed by atoms with E-state index in [1.165, 1.54) is 11.9 Å². The van der Waals surface area contributed by atoms with E-state index in [9.17, 15) is 9.59 Å². The number of ether oxygens (including phenoxy) is 2. The van der Waals surface area contributed by atoms with Gasteiger partial charge < -0.3 is 13.9 Å². The van der Waals surface area contributed by atoms with E-state index in [0.717, 1.165) is 5.39 Å². The first-order chi connectivity index (χ1) is 13.1. The molecule has 1 unspecified atom stereocenters. The van der Waals surface area contributed by atoms with Gasteiger partial charge in [-0.3, -0.25) is 4.79 Å². The Kier molecular flexibility index (Phi) is 4.12. The quantitative estimate of drug-likeness (QED) is 0.667. The predicted molar refractivity (Wildman–Crippen MR) is 98.4 cm³/mol. The number of amides is 1. The second-order valence-electron chi connectivity index (χ2n) is 6.00. The molecule has 1 aliphatic rings. The van der Waals surface area contributed by atoms with Crippen molar-refractivity contribution in [3.05, 3.63) is 76.1 Å². The van der Waals surface area contributed by atoms with Crippen LogP contribution >= 0.6 is 0 Å². The molecule has 4 rings (SSSR count). The van der Waals surface area contributed by atoms with Gasteiger partial charge in [0, 0.05) is 17.9 Å². The van der Waals surface area contributed by atoms with Crippen molar-refractivity contribution in [1.29, 1.82) is 0 Å². The van der Waals surface area contributed by atoms with Crippen LogP contribution in [0.5, 0.6) is 5.75 Å². The highest BCUT2D eigenvalue weighted by Crippen LogP contribution is 2.31. The molecule has 7 heteroatoms. The van der Waals surface area contributed by atoms with E-state index in [1.54, 1.807) is 49.6 Å². The van der Waals surface area contributed by atoms with Crippen molar-refractivity contribution in [3.8, 4) is 5.75 Å². The van der Waals surface area contributed by atoms with Gasteiger partial charge in [-0.15, -0.1) is 5.10 Å². The molecule has 1 atom stereocenters. The fraction of sp³-hybridized carbons (Fsp3) is 0.150. The molecule has 7 nitrogen and oxygen atoms in total. The van der Waals surface area contributed by atoms with Gasteiger partial charge in [-0.1, -0.05) is 18.2 Å². The summed E-state index contributed by atoms with van der Waals surface area (Å²) in [6.45, 7) is 1.38. The van der Waals surface area contributed by atoms with Crippen LogP contribution in [0.2, 0.25) is 0 Å². The van der Waals surface area contributed by atoms with Crippen molar-refractivity contribution in [3.63, 3.8) is 0 Å². The molecule has 1 amide bonds. The molecule has 0 saturated carbocycles. The summed E-state index contributed by atoms with van der Waals surface area (Å²) in [7, 11) is 1.57. The lowest BCUT2D eigenvalue weighted by Gasteiger charge is -2.19. The van der Waals surface area contributed by atoms with Crippen LogP contribution in [0.15, 0.2) is 68.9 Å². The average Bonchev–Trinajstić information content (AvgIpc) is 3.13. The minimum atomic E-state index is -0.769. The molecule has 1 aliphatic heterocycles. The highest BCUT2D eigenvalue weighted by Gasteiger charge is 2.34. The van der Waals surface area contributed by atoms with Crippen molar-refractivity contribution in [1.82, 2.24) is 5.01 Å². The largest absolute Gasteiger partial charge is 0.497 e. The Bertz CT molecular complexity index is 1100. The molecule has 0 aliphatic carbocycles. The fourth-order valence-corrected chi connectivity index (χ4v) is 2.87. The average molecular weight is 364 g/mol. The maximum Gasteiger partial charge on any atom is 0.349 e. The van der Waals surface area contributed by atoms with E-state index >= 15 is 0 Å². The van der Waals surface area contributed by atoms with Crippen LogP contribution in [-0.2, 0) is 9.53 Å². The van der Waals surface area contributed by atoms with Crippen LogP contribution in [0.1, 0.15) is 24.3 Å². The second kappa shape index (κ2) is 6.60. The Morgan fingerprint density at radius 3 is 2.59 bits per heavy atom. The maximum atomic E-state index is 12.4. The van der Waals surface area contributed by atoms with Crippen LogP contribution < -0.4 is 10.4 Å². The van der Waals surface area contributed by atoms with Gasteiger partial charge in [0.25, 0.3) is 0 Å².